The Balaban J connectivity index is 2.23. The molecule has 0 saturated heterocycles. The molecule has 3 heteroatoms. The maximum atomic E-state index is 10.5. The van der Waals surface area contributed by atoms with Crippen LogP contribution in [0.2, 0.25) is 0 Å². The summed E-state index contributed by atoms with van der Waals surface area (Å²) < 4.78 is 0. The molecule has 0 radical (unpaired) electrons. The molecular weight excluding hydrogens is 128 g/mol. The van der Waals surface area contributed by atoms with Crippen molar-refractivity contribution in [3.05, 3.63) is 0 Å². The summed E-state index contributed by atoms with van der Waals surface area (Å²) in [7, 11) is 1.93. The molecule has 0 aromatic carbocycles. The summed E-state index contributed by atoms with van der Waals surface area (Å²) in [4.78, 5) is 10.5. The molecule has 3 N–H and O–H groups in total. The summed E-state index contributed by atoms with van der Waals surface area (Å²) in [6.45, 7) is 0. The van der Waals surface area contributed by atoms with E-state index in [2.05, 4.69) is 5.32 Å². The van der Waals surface area contributed by atoms with E-state index in [-0.39, 0.29) is 5.91 Å². The van der Waals surface area contributed by atoms with Crippen molar-refractivity contribution < 1.29 is 4.79 Å². The van der Waals surface area contributed by atoms with Gasteiger partial charge in [-0.1, -0.05) is 0 Å². The molecule has 0 bridgehead atoms. The van der Waals surface area contributed by atoms with E-state index >= 15 is 0 Å². The van der Waals surface area contributed by atoms with Gasteiger partial charge < -0.3 is 11.1 Å². The van der Waals surface area contributed by atoms with Crippen molar-refractivity contribution in [2.24, 2.45) is 11.7 Å². The van der Waals surface area contributed by atoms with Gasteiger partial charge in [0, 0.05) is 12.5 Å². The number of nitrogens with one attached hydrogen (secondary N) is 1. The van der Waals surface area contributed by atoms with E-state index in [4.69, 9.17) is 5.73 Å². The first-order chi connectivity index (χ1) is 4.74. The molecule has 0 spiro atoms. The van der Waals surface area contributed by atoms with E-state index in [1.54, 1.807) is 0 Å². The number of hydrogen-bond donors (Lipinski definition) is 2. The Hall–Kier alpha value is -0.570. The van der Waals surface area contributed by atoms with Crippen LogP contribution in [-0.2, 0) is 4.79 Å². The first-order valence-corrected chi connectivity index (χ1v) is 3.69. The number of hydrogen-bond acceptors (Lipinski definition) is 2. The molecule has 2 atom stereocenters. The Labute approximate surface area is 61.0 Å². The first-order valence-electron chi connectivity index (χ1n) is 3.69. The van der Waals surface area contributed by atoms with E-state index in [9.17, 15) is 4.79 Å². The molecule has 1 saturated carbocycles. The van der Waals surface area contributed by atoms with Gasteiger partial charge in [-0.3, -0.25) is 4.79 Å². The van der Waals surface area contributed by atoms with E-state index in [0.29, 0.717) is 18.4 Å². The highest BCUT2D eigenvalue weighted by Gasteiger charge is 2.30. The molecule has 0 aromatic heterocycles. The Kier molecular flexibility index (Phi) is 2.27. The maximum absolute atomic E-state index is 10.5. The van der Waals surface area contributed by atoms with E-state index in [1.165, 1.54) is 6.42 Å². The number of nitrogens with two attached hydrogens (primary N) is 1. The minimum atomic E-state index is -0.176. The van der Waals surface area contributed by atoms with Gasteiger partial charge in [0.05, 0.1) is 0 Å². The zero-order chi connectivity index (χ0) is 7.56. The Morgan fingerprint density at radius 1 is 1.70 bits per heavy atom. The van der Waals surface area contributed by atoms with Crippen LogP contribution in [0, 0.1) is 5.92 Å². The molecule has 3 nitrogen and oxygen atoms in total. The monoisotopic (exact) mass is 142 g/mol. The van der Waals surface area contributed by atoms with E-state index < -0.39 is 0 Å². The van der Waals surface area contributed by atoms with Crippen molar-refractivity contribution in [3.63, 3.8) is 0 Å². The number of rotatable bonds is 3. The Bertz CT molecular complexity index is 134. The van der Waals surface area contributed by atoms with Gasteiger partial charge in [0.15, 0.2) is 0 Å². The van der Waals surface area contributed by atoms with Crippen LogP contribution in [-0.4, -0.2) is 19.0 Å². The summed E-state index contributed by atoms with van der Waals surface area (Å²) in [5, 5.41) is 3.15. The zero-order valence-electron chi connectivity index (χ0n) is 6.26. The lowest BCUT2D eigenvalue weighted by Crippen LogP contribution is -2.43. The van der Waals surface area contributed by atoms with Crippen LogP contribution < -0.4 is 11.1 Å². The first kappa shape index (κ1) is 7.54. The number of carbonyl (C=O) groups excluding carboxylic acids is 1. The summed E-state index contributed by atoms with van der Waals surface area (Å²) in [5.74, 6) is 0.326. The molecule has 1 amide bonds. The molecule has 2 unspecified atom stereocenters. The Morgan fingerprint density at radius 3 is 2.70 bits per heavy atom. The van der Waals surface area contributed by atoms with Crippen molar-refractivity contribution in [2.45, 2.75) is 25.3 Å². The van der Waals surface area contributed by atoms with Crippen LogP contribution >= 0.6 is 0 Å². The van der Waals surface area contributed by atoms with Gasteiger partial charge in [-0.15, -0.1) is 0 Å². The molecule has 1 aliphatic carbocycles. The van der Waals surface area contributed by atoms with Crippen LogP contribution in [0.1, 0.15) is 19.3 Å². The van der Waals surface area contributed by atoms with Gasteiger partial charge in [0.1, 0.15) is 0 Å². The maximum Gasteiger partial charge on any atom is 0.217 e. The third kappa shape index (κ3) is 1.48. The van der Waals surface area contributed by atoms with Crippen molar-refractivity contribution in [3.8, 4) is 0 Å². The third-order valence-electron chi connectivity index (χ3n) is 2.25. The highest BCUT2D eigenvalue weighted by atomic mass is 16.1. The number of primary amides is 1. The summed E-state index contributed by atoms with van der Waals surface area (Å²) >= 11 is 0. The van der Waals surface area contributed by atoms with Gasteiger partial charge in [-0.05, 0) is 25.8 Å². The molecule has 1 rings (SSSR count). The normalized spacial score (nSPS) is 31.3. The molecule has 1 aliphatic rings. The second kappa shape index (κ2) is 3.01. The SMILES string of the molecule is CNC1CCC1CC(N)=O. The lowest BCUT2D eigenvalue weighted by Gasteiger charge is -2.35. The second-order valence-corrected chi connectivity index (χ2v) is 2.90. The van der Waals surface area contributed by atoms with E-state index in [1.807, 2.05) is 7.05 Å². The van der Waals surface area contributed by atoms with Crippen LogP contribution in [0.15, 0.2) is 0 Å². The minimum absolute atomic E-state index is 0.176. The van der Waals surface area contributed by atoms with Crippen LogP contribution in [0.4, 0.5) is 0 Å². The van der Waals surface area contributed by atoms with Gasteiger partial charge in [0.2, 0.25) is 5.91 Å². The predicted molar refractivity (Wildman–Crippen MR) is 39.4 cm³/mol. The third-order valence-corrected chi connectivity index (χ3v) is 2.25. The largest absolute Gasteiger partial charge is 0.370 e. The van der Waals surface area contributed by atoms with Gasteiger partial charge in [0.25, 0.3) is 0 Å². The predicted octanol–water partition coefficient (Wildman–Crippen LogP) is -0.140. The number of amides is 1. The second-order valence-electron chi connectivity index (χ2n) is 2.90. The van der Waals surface area contributed by atoms with E-state index in [0.717, 1.165) is 6.42 Å². The van der Waals surface area contributed by atoms with Crippen LogP contribution in [0.3, 0.4) is 0 Å². The summed E-state index contributed by atoms with van der Waals surface area (Å²) in [6, 6.07) is 0.535. The molecule has 0 aliphatic heterocycles. The molecule has 1 fully saturated rings. The lowest BCUT2D eigenvalue weighted by atomic mass is 9.77. The lowest BCUT2D eigenvalue weighted by molar-refractivity contribution is -0.119. The van der Waals surface area contributed by atoms with Crippen LogP contribution in [0.25, 0.3) is 0 Å². The average molecular weight is 142 g/mol. The molecular formula is C7H14N2O. The fraction of sp³-hybridized carbons (Fsp3) is 0.857. The molecule has 10 heavy (non-hydrogen) atoms. The Morgan fingerprint density at radius 2 is 2.40 bits per heavy atom. The quantitative estimate of drug-likeness (QED) is 0.576. The van der Waals surface area contributed by atoms with Gasteiger partial charge in [-0.2, -0.15) is 0 Å². The van der Waals surface area contributed by atoms with Crippen molar-refractivity contribution in [1.82, 2.24) is 5.32 Å². The average Bonchev–Trinajstić information content (AvgIpc) is 1.82. The minimum Gasteiger partial charge on any atom is -0.370 e. The topological polar surface area (TPSA) is 55.1 Å². The highest BCUT2D eigenvalue weighted by molar-refractivity contribution is 5.74. The molecule has 0 heterocycles. The summed E-state index contributed by atoms with van der Waals surface area (Å²) in [6.07, 6.45) is 2.88. The fourth-order valence-electron chi connectivity index (χ4n) is 1.45. The van der Waals surface area contributed by atoms with Crippen molar-refractivity contribution in [1.29, 1.82) is 0 Å². The highest BCUT2D eigenvalue weighted by Crippen LogP contribution is 2.29. The molecule has 0 aromatic rings. The van der Waals surface area contributed by atoms with Crippen LogP contribution in [0.5, 0.6) is 0 Å². The standard InChI is InChI=1S/C7H14N2O/c1-9-6-3-2-5(6)4-7(8)10/h5-6,9H,2-4H2,1H3,(H2,8,10). The number of carbonyl (C=O) groups is 1. The molecule has 58 valence electrons. The summed E-state index contributed by atoms with van der Waals surface area (Å²) in [5.41, 5.74) is 5.05. The van der Waals surface area contributed by atoms with Crippen molar-refractivity contribution in [2.75, 3.05) is 7.05 Å². The zero-order valence-corrected chi connectivity index (χ0v) is 6.26. The van der Waals surface area contributed by atoms with Gasteiger partial charge >= 0.3 is 0 Å². The van der Waals surface area contributed by atoms with Gasteiger partial charge in [-0.25, -0.2) is 0 Å². The fourth-order valence-corrected chi connectivity index (χ4v) is 1.45. The smallest absolute Gasteiger partial charge is 0.217 e. The van der Waals surface area contributed by atoms with Crippen molar-refractivity contribution >= 4 is 5.91 Å².